The zero-order valence-corrected chi connectivity index (χ0v) is 5.40. The van der Waals surface area contributed by atoms with E-state index in [4.69, 9.17) is 10.8 Å². The number of nitrogens with one attached hydrogen (secondary N) is 2. The molecule has 1 rings (SSSR count). The van der Waals surface area contributed by atoms with Gasteiger partial charge in [-0.25, -0.2) is 15.1 Å². The molecule has 62 valence electrons. The van der Waals surface area contributed by atoms with E-state index in [1.807, 2.05) is 10.8 Å². The van der Waals surface area contributed by atoms with Crippen LogP contribution in [0.3, 0.4) is 0 Å². The van der Waals surface area contributed by atoms with E-state index in [1.54, 1.807) is 0 Å². The molecule has 0 aromatic heterocycles. The fourth-order valence-corrected chi connectivity index (χ4v) is 0.641. The Hall–Kier alpha value is -1.34. The van der Waals surface area contributed by atoms with Crippen molar-refractivity contribution in [3.05, 3.63) is 0 Å². The maximum Gasteiger partial charge on any atom is 0.406 e. The molecule has 0 saturated carbocycles. The van der Waals surface area contributed by atoms with E-state index in [0.29, 0.717) is 0 Å². The van der Waals surface area contributed by atoms with Gasteiger partial charge in [-0.05, 0) is 0 Å². The molecule has 7 heteroatoms. The van der Waals surface area contributed by atoms with Crippen LogP contribution in [-0.4, -0.2) is 29.4 Å². The fraction of sp³-hybridized carbons (Fsp3) is 0.500. The molecule has 0 bridgehead atoms. The van der Waals surface area contributed by atoms with E-state index in [1.165, 1.54) is 0 Å². The fourth-order valence-electron chi connectivity index (χ4n) is 0.641. The third-order valence-electron chi connectivity index (χ3n) is 1.18. The molecule has 5 N–H and O–H groups in total. The molecule has 0 spiro atoms. The van der Waals surface area contributed by atoms with E-state index in [2.05, 4.69) is 4.84 Å². The van der Waals surface area contributed by atoms with Crippen LogP contribution in [0.1, 0.15) is 0 Å². The summed E-state index contributed by atoms with van der Waals surface area (Å²) in [5, 5.41) is 10.1. The lowest BCUT2D eigenvalue weighted by atomic mass is 10.3. The Bertz CT molecular complexity index is 194. The lowest BCUT2D eigenvalue weighted by Crippen LogP contribution is -2.46. The average molecular weight is 161 g/mol. The molecular formula is C4H7N3O4. The predicted octanol–water partition coefficient (Wildman–Crippen LogP) is -2.03. The first kappa shape index (κ1) is 7.76. The number of amides is 2. The number of hydroxylamine groups is 1. The average Bonchev–Trinajstić information content (AvgIpc) is 2.18. The summed E-state index contributed by atoms with van der Waals surface area (Å²) in [6.45, 7) is 0. The Morgan fingerprint density at radius 2 is 2.45 bits per heavy atom. The van der Waals surface area contributed by atoms with Gasteiger partial charge in [0.15, 0.2) is 6.23 Å². The van der Waals surface area contributed by atoms with Gasteiger partial charge in [0.25, 0.3) is 5.91 Å². The summed E-state index contributed by atoms with van der Waals surface area (Å²) in [7, 11) is 0. The third-order valence-corrected chi connectivity index (χ3v) is 1.18. The number of nitrogens with two attached hydrogens (primary N) is 1. The molecule has 1 fully saturated rings. The number of hydrogen-bond acceptors (Lipinski definition) is 4. The second kappa shape index (κ2) is 2.72. The summed E-state index contributed by atoms with van der Waals surface area (Å²) in [5.74, 6) is -0.538. The quantitative estimate of drug-likeness (QED) is 0.354. The van der Waals surface area contributed by atoms with Crippen LogP contribution in [0, 0.1) is 0 Å². The monoisotopic (exact) mass is 161 g/mol. The summed E-state index contributed by atoms with van der Waals surface area (Å²) >= 11 is 0. The van der Waals surface area contributed by atoms with Crippen LogP contribution in [0.4, 0.5) is 4.79 Å². The lowest BCUT2D eigenvalue weighted by molar-refractivity contribution is -0.125. The van der Waals surface area contributed by atoms with E-state index >= 15 is 0 Å². The van der Waals surface area contributed by atoms with Gasteiger partial charge in [0.2, 0.25) is 0 Å². The van der Waals surface area contributed by atoms with Gasteiger partial charge >= 0.3 is 6.09 Å². The van der Waals surface area contributed by atoms with E-state index in [9.17, 15) is 9.59 Å². The molecule has 0 aliphatic carbocycles. The second-order valence-corrected chi connectivity index (χ2v) is 1.98. The van der Waals surface area contributed by atoms with Crippen molar-refractivity contribution in [1.29, 1.82) is 0 Å². The molecule has 11 heavy (non-hydrogen) atoms. The van der Waals surface area contributed by atoms with Crippen LogP contribution in [0.2, 0.25) is 0 Å². The number of carbonyl (C=O) groups excluding carboxylic acids is 1. The minimum Gasteiger partial charge on any atom is -0.465 e. The van der Waals surface area contributed by atoms with Crippen molar-refractivity contribution in [2.24, 2.45) is 5.73 Å². The maximum atomic E-state index is 10.6. The Morgan fingerprint density at radius 1 is 1.82 bits per heavy atom. The van der Waals surface area contributed by atoms with Crippen LogP contribution >= 0.6 is 0 Å². The van der Waals surface area contributed by atoms with Gasteiger partial charge in [-0.15, -0.1) is 0 Å². The lowest BCUT2D eigenvalue weighted by Gasteiger charge is -2.09. The number of rotatable bonds is 1. The number of hydrogen-bond donors (Lipinski definition) is 4. The van der Waals surface area contributed by atoms with Gasteiger partial charge in [-0.1, -0.05) is 0 Å². The molecule has 1 aliphatic heterocycles. The Morgan fingerprint density at radius 3 is 2.82 bits per heavy atom. The van der Waals surface area contributed by atoms with Crippen molar-refractivity contribution in [3.63, 3.8) is 0 Å². The molecule has 2 unspecified atom stereocenters. The molecule has 0 aromatic rings. The molecule has 1 heterocycles. The highest BCUT2D eigenvalue weighted by Gasteiger charge is 2.34. The van der Waals surface area contributed by atoms with Crippen LogP contribution in [0.15, 0.2) is 0 Å². The first-order chi connectivity index (χ1) is 5.11. The van der Waals surface area contributed by atoms with Crippen LogP contribution in [0.5, 0.6) is 0 Å². The molecule has 1 saturated heterocycles. The summed E-state index contributed by atoms with van der Waals surface area (Å²) in [5.41, 5.74) is 7.14. The van der Waals surface area contributed by atoms with Crippen molar-refractivity contribution in [3.8, 4) is 0 Å². The van der Waals surface area contributed by atoms with Crippen molar-refractivity contribution >= 4 is 12.0 Å². The van der Waals surface area contributed by atoms with Crippen LogP contribution in [0.25, 0.3) is 0 Å². The first-order valence-corrected chi connectivity index (χ1v) is 2.82. The number of carboxylic acid groups (broad SMARTS) is 1. The van der Waals surface area contributed by atoms with Gasteiger partial charge in [0, 0.05) is 0 Å². The van der Waals surface area contributed by atoms with Gasteiger partial charge in [0.1, 0.15) is 6.04 Å². The van der Waals surface area contributed by atoms with E-state index in [0.717, 1.165) is 0 Å². The highest BCUT2D eigenvalue weighted by molar-refractivity contribution is 5.83. The minimum absolute atomic E-state index is 0.538. The van der Waals surface area contributed by atoms with Gasteiger partial charge < -0.3 is 10.8 Å². The zero-order chi connectivity index (χ0) is 8.43. The highest BCUT2D eigenvalue weighted by Crippen LogP contribution is 1.99. The maximum absolute atomic E-state index is 10.6. The molecule has 2 atom stereocenters. The molecule has 0 radical (unpaired) electrons. The largest absolute Gasteiger partial charge is 0.465 e. The summed E-state index contributed by atoms with van der Waals surface area (Å²) in [6, 6.07) is -0.980. The van der Waals surface area contributed by atoms with Crippen molar-refractivity contribution in [2.75, 3.05) is 0 Å². The molecule has 1 aliphatic rings. The predicted molar refractivity (Wildman–Crippen MR) is 32.2 cm³/mol. The molecular weight excluding hydrogens is 154 g/mol. The summed E-state index contributed by atoms with van der Waals surface area (Å²) < 4.78 is 0. The normalized spacial score (nSPS) is 29.7. The molecule has 7 nitrogen and oxygen atoms in total. The van der Waals surface area contributed by atoms with E-state index in [-0.39, 0.29) is 0 Å². The zero-order valence-electron chi connectivity index (χ0n) is 5.40. The Labute approximate surface area is 61.5 Å². The third kappa shape index (κ3) is 1.57. The van der Waals surface area contributed by atoms with Crippen LogP contribution in [-0.2, 0) is 9.63 Å². The SMILES string of the molecule is NC1C(=O)NOC1NC(=O)O. The van der Waals surface area contributed by atoms with Gasteiger partial charge in [0.05, 0.1) is 0 Å². The Kier molecular flexibility index (Phi) is 1.92. The second-order valence-electron chi connectivity index (χ2n) is 1.98. The topological polar surface area (TPSA) is 114 Å². The summed E-state index contributed by atoms with van der Waals surface area (Å²) in [6.07, 6.45) is -2.29. The van der Waals surface area contributed by atoms with E-state index < -0.39 is 24.3 Å². The van der Waals surface area contributed by atoms with Gasteiger partial charge in [-0.2, -0.15) is 0 Å². The van der Waals surface area contributed by atoms with Crippen molar-refractivity contribution in [1.82, 2.24) is 10.8 Å². The summed E-state index contributed by atoms with van der Waals surface area (Å²) in [4.78, 5) is 25.1. The van der Waals surface area contributed by atoms with Crippen LogP contribution < -0.4 is 16.5 Å². The molecule has 0 aromatic carbocycles. The number of carbonyl (C=O) groups is 2. The standard InChI is InChI=1S/C4H7N3O4/c5-1-2(8)7-11-3(1)6-4(9)10/h1,3,6H,5H2,(H,7,8)(H,9,10). The van der Waals surface area contributed by atoms with Gasteiger partial charge in [-0.3, -0.25) is 10.1 Å². The smallest absolute Gasteiger partial charge is 0.406 e. The minimum atomic E-state index is -1.29. The molecule has 2 amide bonds. The Balaban J connectivity index is 2.48. The van der Waals surface area contributed by atoms with Crippen molar-refractivity contribution < 1.29 is 19.5 Å². The first-order valence-electron chi connectivity index (χ1n) is 2.82. The highest BCUT2D eigenvalue weighted by atomic mass is 16.7. The van der Waals surface area contributed by atoms with Crippen molar-refractivity contribution in [2.45, 2.75) is 12.3 Å².